The Hall–Kier alpha value is -3.40. The van der Waals surface area contributed by atoms with Crippen LogP contribution in [-0.2, 0) is 14.3 Å². The molecule has 4 heteroatoms. The van der Waals surface area contributed by atoms with Crippen LogP contribution in [-0.4, -0.2) is 18.0 Å². The summed E-state index contributed by atoms with van der Waals surface area (Å²) >= 11 is 0. The average molecular weight is 373 g/mol. The number of amides is 1. The molecule has 0 saturated carbocycles. The molecule has 3 aromatic carbocycles. The smallest absolute Gasteiger partial charge is 0.331 e. The number of ether oxygens (including phenoxy) is 1. The molecule has 3 aromatic rings. The maximum absolute atomic E-state index is 12.3. The van der Waals surface area contributed by atoms with Gasteiger partial charge in [0.25, 0.3) is 5.91 Å². The fraction of sp³-hybridized carbons (Fsp3) is 0.167. The van der Waals surface area contributed by atoms with Crippen LogP contribution in [0.3, 0.4) is 0 Å². The van der Waals surface area contributed by atoms with Crippen molar-refractivity contribution in [1.82, 2.24) is 0 Å². The molecular weight excluding hydrogens is 350 g/mol. The number of fused-ring (bicyclic) bond motifs is 1. The summed E-state index contributed by atoms with van der Waals surface area (Å²) in [5.74, 6) is -0.921. The third-order valence-electron chi connectivity index (χ3n) is 4.52. The first kappa shape index (κ1) is 19.4. The number of benzene rings is 3. The molecule has 1 amide bonds. The van der Waals surface area contributed by atoms with Crippen molar-refractivity contribution >= 4 is 34.4 Å². The lowest BCUT2D eigenvalue weighted by Gasteiger charge is -2.14. The number of carbonyl (C=O) groups excluding carboxylic acids is 2. The molecule has 1 atom stereocenters. The lowest BCUT2D eigenvalue weighted by molar-refractivity contribution is -0.148. The highest BCUT2D eigenvalue weighted by atomic mass is 16.5. The van der Waals surface area contributed by atoms with Gasteiger partial charge < -0.3 is 10.1 Å². The number of nitrogens with one attached hydrogen (secondary N) is 1. The van der Waals surface area contributed by atoms with Crippen molar-refractivity contribution in [2.24, 2.45) is 0 Å². The van der Waals surface area contributed by atoms with Gasteiger partial charge in [0.1, 0.15) is 0 Å². The topological polar surface area (TPSA) is 55.4 Å². The van der Waals surface area contributed by atoms with Crippen LogP contribution in [0.4, 0.5) is 5.69 Å². The van der Waals surface area contributed by atoms with Crippen LogP contribution >= 0.6 is 0 Å². The fourth-order valence-corrected chi connectivity index (χ4v) is 3.01. The average Bonchev–Trinajstić information content (AvgIpc) is 2.68. The van der Waals surface area contributed by atoms with Gasteiger partial charge in [0.05, 0.1) is 0 Å². The Morgan fingerprint density at radius 3 is 2.54 bits per heavy atom. The maximum Gasteiger partial charge on any atom is 0.331 e. The lowest BCUT2D eigenvalue weighted by Crippen LogP contribution is -2.29. The molecule has 0 heterocycles. The third kappa shape index (κ3) is 4.65. The van der Waals surface area contributed by atoms with E-state index in [1.54, 1.807) is 13.0 Å². The lowest BCUT2D eigenvalue weighted by atomic mass is 10.0. The van der Waals surface area contributed by atoms with Crippen molar-refractivity contribution in [3.63, 3.8) is 0 Å². The predicted molar refractivity (Wildman–Crippen MR) is 113 cm³/mol. The summed E-state index contributed by atoms with van der Waals surface area (Å²) in [6.07, 6.45) is 2.16. The summed E-state index contributed by atoms with van der Waals surface area (Å²) in [6.45, 7) is 5.47. The van der Waals surface area contributed by atoms with Crippen molar-refractivity contribution in [3.8, 4) is 0 Å². The summed E-state index contributed by atoms with van der Waals surface area (Å²) < 4.78 is 5.24. The first-order chi connectivity index (χ1) is 13.4. The third-order valence-corrected chi connectivity index (χ3v) is 4.52. The van der Waals surface area contributed by atoms with Gasteiger partial charge in [0.2, 0.25) is 0 Å². The van der Waals surface area contributed by atoms with Crippen LogP contribution in [0.1, 0.15) is 23.6 Å². The minimum absolute atomic E-state index is 0.362. The van der Waals surface area contributed by atoms with E-state index in [9.17, 15) is 9.59 Å². The largest absolute Gasteiger partial charge is 0.449 e. The second-order valence-corrected chi connectivity index (χ2v) is 6.79. The van der Waals surface area contributed by atoms with E-state index < -0.39 is 12.1 Å². The monoisotopic (exact) mass is 373 g/mol. The maximum atomic E-state index is 12.3. The molecular formula is C24H23NO3. The second-order valence-electron chi connectivity index (χ2n) is 6.79. The molecule has 0 spiro atoms. The standard InChI is InChI=1S/C24H23NO3/c1-16-11-13-22(17(2)15-16)25-24(27)18(3)28-23(26)14-12-20-9-6-8-19-7-4-5-10-21(19)20/h4-15,18H,1-3H3,(H,25,27). The Balaban J connectivity index is 1.63. The zero-order chi connectivity index (χ0) is 20.1. The van der Waals surface area contributed by atoms with Crippen LogP contribution < -0.4 is 5.32 Å². The fourth-order valence-electron chi connectivity index (χ4n) is 3.01. The van der Waals surface area contributed by atoms with Gasteiger partial charge in [-0.25, -0.2) is 4.79 Å². The van der Waals surface area contributed by atoms with E-state index >= 15 is 0 Å². The molecule has 28 heavy (non-hydrogen) atoms. The molecule has 0 aliphatic rings. The van der Waals surface area contributed by atoms with Gasteiger partial charge in [-0.15, -0.1) is 0 Å². The molecule has 0 fully saturated rings. The van der Waals surface area contributed by atoms with E-state index in [4.69, 9.17) is 4.74 Å². The van der Waals surface area contributed by atoms with Gasteiger partial charge in [-0.1, -0.05) is 60.2 Å². The number of rotatable bonds is 5. The number of hydrogen-bond donors (Lipinski definition) is 1. The van der Waals surface area contributed by atoms with Crippen LogP contribution in [0.15, 0.2) is 66.7 Å². The normalized spacial score (nSPS) is 12.1. The molecule has 142 valence electrons. The highest BCUT2D eigenvalue weighted by molar-refractivity contribution is 5.98. The molecule has 1 N–H and O–H groups in total. The second kappa shape index (κ2) is 8.53. The Bertz CT molecular complexity index is 1050. The van der Waals surface area contributed by atoms with E-state index in [1.807, 2.05) is 74.5 Å². The predicted octanol–water partition coefficient (Wildman–Crippen LogP) is 5.04. The number of carbonyl (C=O) groups is 2. The Morgan fingerprint density at radius 2 is 1.75 bits per heavy atom. The zero-order valence-corrected chi connectivity index (χ0v) is 16.2. The molecule has 4 nitrogen and oxygen atoms in total. The molecule has 1 unspecified atom stereocenters. The Morgan fingerprint density at radius 1 is 1.00 bits per heavy atom. The van der Waals surface area contributed by atoms with E-state index in [1.165, 1.54) is 6.08 Å². The Kier molecular flexibility index (Phi) is 5.90. The van der Waals surface area contributed by atoms with Crippen molar-refractivity contribution < 1.29 is 14.3 Å². The van der Waals surface area contributed by atoms with Crippen molar-refractivity contribution in [3.05, 3.63) is 83.4 Å². The minimum Gasteiger partial charge on any atom is -0.449 e. The van der Waals surface area contributed by atoms with Crippen molar-refractivity contribution in [2.45, 2.75) is 26.9 Å². The van der Waals surface area contributed by atoms with E-state index in [2.05, 4.69) is 5.32 Å². The summed E-state index contributed by atoms with van der Waals surface area (Å²) in [4.78, 5) is 24.5. The molecule has 0 aliphatic heterocycles. The number of hydrogen-bond acceptors (Lipinski definition) is 3. The first-order valence-corrected chi connectivity index (χ1v) is 9.18. The van der Waals surface area contributed by atoms with Gasteiger partial charge in [-0.3, -0.25) is 4.79 Å². The van der Waals surface area contributed by atoms with Gasteiger partial charge in [0, 0.05) is 11.8 Å². The van der Waals surface area contributed by atoms with E-state index in [-0.39, 0.29) is 5.91 Å². The SMILES string of the molecule is Cc1ccc(NC(=O)C(C)OC(=O)C=Cc2cccc3ccccc23)c(C)c1. The summed E-state index contributed by atoms with van der Waals surface area (Å²) in [5, 5.41) is 4.95. The van der Waals surface area contributed by atoms with Crippen LogP contribution in [0.2, 0.25) is 0 Å². The molecule has 0 bridgehead atoms. The van der Waals surface area contributed by atoms with Crippen LogP contribution in [0, 0.1) is 13.8 Å². The van der Waals surface area contributed by atoms with E-state index in [0.717, 1.165) is 27.5 Å². The quantitative estimate of drug-likeness (QED) is 0.503. The number of esters is 1. The molecule has 3 rings (SSSR count). The van der Waals surface area contributed by atoms with Gasteiger partial charge in [-0.05, 0) is 54.8 Å². The minimum atomic E-state index is -0.898. The summed E-state index contributed by atoms with van der Waals surface area (Å²) in [5.41, 5.74) is 3.71. The summed E-state index contributed by atoms with van der Waals surface area (Å²) in [6, 6.07) is 19.6. The van der Waals surface area contributed by atoms with Crippen molar-refractivity contribution in [2.75, 3.05) is 5.32 Å². The molecule has 0 radical (unpaired) electrons. The number of aryl methyl sites for hydroxylation is 2. The molecule has 0 aliphatic carbocycles. The molecule has 0 saturated heterocycles. The van der Waals surface area contributed by atoms with Crippen LogP contribution in [0.5, 0.6) is 0 Å². The summed E-state index contributed by atoms with van der Waals surface area (Å²) in [7, 11) is 0. The van der Waals surface area contributed by atoms with E-state index in [0.29, 0.717) is 5.69 Å². The first-order valence-electron chi connectivity index (χ1n) is 9.18. The van der Waals surface area contributed by atoms with Crippen molar-refractivity contribution in [1.29, 1.82) is 0 Å². The highest BCUT2D eigenvalue weighted by Gasteiger charge is 2.17. The zero-order valence-electron chi connectivity index (χ0n) is 16.2. The molecule has 0 aromatic heterocycles. The van der Waals surface area contributed by atoms with Gasteiger partial charge in [-0.2, -0.15) is 0 Å². The number of anilines is 1. The van der Waals surface area contributed by atoms with Gasteiger partial charge in [0.15, 0.2) is 6.10 Å². The Labute approximate surface area is 164 Å². The van der Waals surface area contributed by atoms with Gasteiger partial charge >= 0.3 is 5.97 Å². The van der Waals surface area contributed by atoms with Crippen LogP contribution in [0.25, 0.3) is 16.8 Å². The highest BCUT2D eigenvalue weighted by Crippen LogP contribution is 2.20.